The van der Waals surface area contributed by atoms with E-state index in [0.717, 1.165) is 19.1 Å². The van der Waals surface area contributed by atoms with Gasteiger partial charge in [0.25, 0.3) is 10.1 Å². The number of carbonyl (C=O) groups is 1. The van der Waals surface area contributed by atoms with Gasteiger partial charge in [-0.1, -0.05) is 0 Å². The Hall–Kier alpha value is -0.820. The van der Waals surface area contributed by atoms with Gasteiger partial charge in [-0.25, -0.2) is 4.79 Å². The zero-order chi connectivity index (χ0) is 12.9. The topological polar surface area (TPSA) is 72.9 Å². The molecule has 0 aromatic rings. The van der Waals surface area contributed by atoms with Gasteiger partial charge in [0.2, 0.25) is 0 Å². The van der Waals surface area contributed by atoms with E-state index in [-0.39, 0.29) is 12.7 Å². The van der Waals surface area contributed by atoms with Crippen LogP contribution in [0.25, 0.3) is 0 Å². The minimum atomic E-state index is -3.33. The van der Waals surface area contributed by atoms with Crippen LogP contribution in [0.5, 0.6) is 0 Å². The van der Waals surface area contributed by atoms with Gasteiger partial charge in [0.15, 0.2) is 0 Å². The van der Waals surface area contributed by atoms with Crippen molar-refractivity contribution >= 4 is 16.2 Å². The summed E-state index contributed by atoms with van der Waals surface area (Å²) in [6.07, 6.45) is 3.24. The molecule has 6 nitrogen and oxygen atoms in total. The molecule has 0 spiro atoms. The van der Waals surface area contributed by atoms with E-state index in [1.807, 2.05) is 0 Å². The summed E-state index contributed by atoms with van der Waals surface area (Å²) in [5.74, 6) is 0.414. The largest absolute Gasteiger partial charge is 0.453 e. The summed E-state index contributed by atoms with van der Waals surface area (Å²) < 4.78 is 30.7. The van der Waals surface area contributed by atoms with E-state index in [1.54, 1.807) is 4.90 Å². The van der Waals surface area contributed by atoms with Gasteiger partial charge in [-0.15, -0.1) is 0 Å². The van der Waals surface area contributed by atoms with Crippen molar-refractivity contribution in [1.29, 1.82) is 0 Å². The molecule has 17 heavy (non-hydrogen) atoms. The second-order valence-corrected chi connectivity index (χ2v) is 5.88. The van der Waals surface area contributed by atoms with Gasteiger partial charge in [0.05, 0.1) is 20.0 Å². The number of rotatable bonds is 5. The molecule has 1 unspecified atom stereocenters. The van der Waals surface area contributed by atoms with Crippen molar-refractivity contribution in [3.63, 3.8) is 0 Å². The molecule has 0 aromatic carbocycles. The highest BCUT2D eigenvalue weighted by Gasteiger charge is 2.26. The van der Waals surface area contributed by atoms with Gasteiger partial charge < -0.3 is 9.64 Å². The Morgan fingerprint density at radius 1 is 1.47 bits per heavy atom. The number of methoxy groups -OCH3 is 1. The standard InChI is InChI=1S/C10H19NO5S/c1-15-10(12)11-6-5-9(8-11)4-3-7-16-17(2,13)14/h9H,3-8H2,1-2H3. The van der Waals surface area contributed by atoms with Gasteiger partial charge >= 0.3 is 6.09 Å². The highest BCUT2D eigenvalue weighted by Crippen LogP contribution is 2.21. The fourth-order valence-corrected chi connectivity index (χ4v) is 2.37. The molecule has 1 fully saturated rings. The molecule has 1 rings (SSSR count). The van der Waals surface area contributed by atoms with E-state index in [9.17, 15) is 13.2 Å². The van der Waals surface area contributed by atoms with E-state index in [0.29, 0.717) is 25.4 Å². The zero-order valence-electron chi connectivity index (χ0n) is 10.2. The minimum Gasteiger partial charge on any atom is -0.453 e. The van der Waals surface area contributed by atoms with Crippen LogP contribution in [0.3, 0.4) is 0 Å². The summed E-state index contributed by atoms with van der Waals surface area (Å²) in [4.78, 5) is 12.9. The minimum absolute atomic E-state index is 0.216. The Labute approximate surface area is 102 Å². The third-order valence-corrected chi connectivity index (χ3v) is 3.37. The van der Waals surface area contributed by atoms with Crippen molar-refractivity contribution in [3.8, 4) is 0 Å². The summed E-state index contributed by atoms with van der Waals surface area (Å²) in [6, 6.07) is 0. The molecule has 0 aromatic heterocycles. The molecule has 100 valence electrons. The molecule has 7 heteroatoms. The van der Waals surface area contributed by atoms with Gasteiger partial charge in [0.1, 0.15) is 0 Å². The molecular formula is C10H19NO5S. The quantitative estimate of drug-likeness (QED) is 0.544. The number of likely N-dealkylation sites (tertiary alicyclic amines) is 1. The molecule has 0 N–H and O–H groups in total. The smallest absolute Gasteiger partial charge is 0.409 e. The van der Waals surface area contributed by atoms with Crippen LogP contribution in [0.15, 0.2) is 0 Å². The van der Waals surface area contributed by atoms with Gasteiger partial charge in [-0.05, 0) is 25.2 Å². The monoisotopic (exact) mass is 265 g/mol. The lowest BCUT2D eigenvalue weighted by atomic mass is 10.0. The predicted molar refractivity (Wildman–Crippen MR) is 62.1 cm³/mol. The van der Waals surface area contributed by atoms with Crippen molar-refractivity contribution in [2.75, 3.05) is 33.1 Å². The summed E-state index contributed by atoms with van der Waals surface area (Å²) in [7, 11) is -1.96. The maximum atomic E-state index is 11.2. The number of hydrogen-bond acceptors (Lipinski definition) is 5. The van der Waals surface area contributed by atoms with E-state index in [2.05, 4.69) is 8.92 Å². The number of amides is 1. The number of hydrogen-bond donors (Lipinski definition) is 0. The molecule has 0 bridgehead atoms. The van der Waals surface area contributed by atoms with Crippen LogP contribution in [0.4, 0.5) is 4.79 Å². The van der Waals surface area contributed by atoms with Crippen molar-refractivity contribution < 1.29 is 22.1 Å². The van der Waals surface area contributed by atoms with E-state index in [1.165, 1.54) is 7.11 Å². The second kappa shape index (κ2) is 6.20. The van der Waals surface area contributed by atoms with Crippen molar-refractivity contribution in [2.24, 2.45) is 5.92 Å². The van der Waals surface area contributed by atoms with Gasteiger partial charge in [0, 0.05) is 13.1 Å². The Morgan fingerprint density at radius 2 is 2.18 bits per heavy atom. The normalized spacial score (nSPS) is 20.6. The zero-order valence-corrected chi connectivity index (χ0v) is 11.0. The highest BCUT2D eigenvalue weighted by molar-refractivity contribution is 7.85. The maximum Gasteiger partial charge on any atom is 0.409 e. The average molecular weight is 265 g/mol. The first-order valence-electron chi connectivity index (χ1n) is 5.59. The second-order valence-electron chi connectivity index (χ2n) is 4.24. The first-order valence-corrected chi connectivity index (χ1v) is 7.41. The third-order valence-electron chi connectivity index (χ3n) is 2.77. The van der Waals surface area contributed by atoms with E-state index < -0.39 is 10.1 Å². The van der Waals surface area contributed by atoms with Gasteiger partial charge in [-0.2, -0.15) is 8.42 Å². The molecular weight excluding hydrogens is 246 g/mol. The van der Waals surface area contributed by atoms with Crippen molar-refractivity contribution in [3.05, 3.63) is 0 Å². The fraction of sp³-hybridized carbons (Fsp3) is 0.900. The van der Waals surface area contributed by atoms with Crippen LogP contribution in [-0.4, -0.2) is 52.5 Å². The van der Waals surface area contributed by atoms with E-state index >= 15 is 0 Å². The summed E-state index contributed by atoms with van der Waals surface area (Å²) >= 11 is 0. The van der Waals surface area contributed by atoms with Gasteiger partial charge in [-0.3, -0.25) is 4.18 Å². The first kappa shape index (κ1) is 14.2. The Morgan fingerprint density at radius 3 is 2.76 bits per heavy atom. The summed E-state index contributed by atoms with van der Waals surface area (Å²) in [5, 5.41) is 0. The highest BCUT2D eigenvalue weighted by atomic mass is 32.2. The first-order chi connectivity index (χ1) is 7.92. The number of nitrogens with zero attached hydrogens (tertiary/aromatic N) is 1. The van der Waals surface area contributed by atoms with E-state index in [4.69, 9.17) is 0 Å². The molecule has 0 aliphatic carbocycles. The van der Waals surface area contributed by atoms with Crippen LogP contribution in [0, 0.1) is 5.92 Å². The maximum absolute atomic E-state index is 11.2. The Bertz CT molecular complexity index is 354. The van der Waals surface area contributed by atoms with Crippen LogP contribution in [0.1, 0.15) is 19.3 Å². The molecule has 0 saturated carbocycles. The number of carbonyl (C=O) groups excluding carboxylic acids is 1. The summed E-state index contributed by atoms with van der Waals surface area (Å²) in [6.45, 7) is 1.61. The molecule has 1 heterocycles. The van der Waals surface area contributed by atoms with Crippen molar-refractivity contribution in [2.45, 2.75) is 19.3 Å². The molecule has 1 amide bonds. The average Bonchev–Trinajstić information content (AvgIpc) is 2.70. The molecule has 0 radical (unpaired) electrons. The Balaban J connectivity index is 2.16. The molecule has 1 saturated heterocycles. The van der Waals surface area contributed by atoms with Crippen LogP contribution in [-0.2, 0) is 19.0 Å². The van der Waals surface area contributed by atoms with Crippen LogP contribution in [0.2, 0.25) is 0 Å². The predicted octanol–water partition coefficient (Wildman–Crippen LogP) is 0.831. The molecule has 1 aliphatic rings. The Kier molecular flexibility index (Phi) is 5.20. The molecule has 1 atom stereocenters. The third kappa shape index (κ3) is 5.36. The van der Waals surface area contributed by atoms with Crippen LogP contribution < -0.4 is 0 Å². The lowest BCUT2D eigenvalue weighted by molar-refractivity contribution is 0.131. The lowest BCUT2D eigenvalue weighted by Gasteiger charge is -2.14. The summed E-state index contributed by atoms with van der Waals surface area (Å²) in [5.41, 5.74) is 0. The SMILES string of the molecule is COC(=O)N1CCC(CCCOS(C)(=O)=O)C1. The van der Waals surface area contributed by atoms with Crippen molar-refractivity contribution in [1.82, 2.24) is 4.90 Å². The van der Waals surface area contributed by atoms with Crippen LogP contribution >= 0.6 is 0 Å². The fourth-order valence-electron chi connectivity index (χ4n) is 1.95. The number of ether oxygens (including phenoxy) is 1. The lowest BCUT2D eigenvalue weighted by Crippen LogP contribution is -2.28. The molecule has 1 aliphatic heterocycles.